The van der Waals surface area contributed by atoms with Crippen LogP contribution in [-0.2, 0) is 25.5 Å². The summed E-state index contributed by atoms with van der Waals surface area (Å²) in [6, 6.07) is 16.9. The molecule has 2 amide bonds. The molecule has 8 heteroatoms. The number of nitrogens with one attached hydrogen (secondary N) is 2. The first-order chi connectivity index (χ1) is 17.1. The van der Waals surface area contributed by atoms with Crippen molar-refractivity contribution in [2.75, 3.05) is 38.2 Å². The lowest BCUT2D eigenvalue weighted by Crippen LogP contribution is -2.58. The van der Waals surface area contributed by atoms with Crippen molar-refractivity contribution in [2.45, 2.75) is 45.1 Å². The molecule has 188 valence electrons. The average Bonchev–Trinajstić information content (AvgIpc) is 2.87. The minimum Gasteiger partial charge on any atom is -0.494 e. The number of carbonyl (C=O) groups excluding carboxylic acids is 3. The summed E-state index contributed by atoms with van der Waals surface area (Å²) in [5.41, 5.74) is 2.03. The van der Waals surface area contributed by atoms with Gasteiger partial charge in [0.25, 0.3) is 0 Å². The van der Waals surface area contributed by atoms with Crippen LogP contribution in [0.4, 0.5) is 5.69 Å². The first-order valence-corrected chi connectivity index (χ1v) is 12.3. The van der Waals surface area contributed by atoms with Crippen LogP contribution in [0.15, 0.2) is 54.6 Å². The standard InChI is InChI=1S/C27H35N3O5/c1-2-3-16-35-26(32)19-24-27(33)28-14-15-30(24)25(31)20-29-22-12-7-13-23(18-22)34-17-8-11-21-9-5-4-6-10-21/h4-7,9-10,12-13,18,24,29H,2-3,8,11,14-17,19-20H2,1H3,(H,28,33). The minimum atomic E-state index is -0.855. The van der Waals surface area contributed by atoms with Crippen molar-refractivity contribution in [1.29, 1.82) is 0 Å². The Morgan fingerprint density at radius 3 is 2.71 bits per heavy atom. The zero-order chi connectivity index (χ0) is 24.9. The number of hydrogen-bond donors (Lipinski definition) is 2. The number of anilines is 1. The third-order valence-corrected chi connectivity index (χ3v) is 5.77. The van der Waals surface area contributed by atoms with E-state index in [-0.39, 0.29) is 24.8 Å². The first kappa shape index (κ1) is 26.1. The predicted molar refractivity (Wildman–Crippen MR) is 134 cm³/mol. The third kappa shape index (κ3) is 8.63. The smallest absolute Gasteiger partial charge is 0.308 e. The SMILES string of the molecule is CCCCOC(=O)CC1C(=O)NCCN1C(=O)CNc1cccc(OCCCc2ccccc2)c1. The lowest BCUT2D eigenvalue weighted by atomic mass is 10.1. The van der Waals surface area contributed by atoms with Gasteiger partial charge in [0.15, 0.2) is 0 Å². The van der Waals surface area contributed by atoms with E-state index < -0.39 is 12.0 Å². The van der Waals surface area contributed by atoms with Crippen LogP contribution in [0.1, 0.15) is 38.2 Å². The molecule has 0 spiro atoms. The monoisotopic (exact) mass is 481 g/mol. The summed E-state index contributed by atoms with van der Waals surface area (Å²) in [5.74, 6) is -0.327. The van der Waals surface area contributed by atoms with Crippen molar-refractivity contribution in [3.05, 3.63) is 60.2 Å². The van der Waals surface area contributed by atoms with E-state index in [0.717, 1.165) is 37.1 Å². The van der Waals surface area contributed by atoms with Gasteiger partial charge in [-0.15, -0.1) is 0 Å². The van der Waals surface area contributed by atoms with Crippen molar-refractivity contribution in [2.24, 2.45) is 0 Å². The highest BCUT2D eigenvalue weighted by Gasteiger charge is 2.34. The average molecular weight is 482 g/mol. The molecule has 0 radical (unpaired) electrons. The van der Waals surface area contributed by atoms with Gasteiger partial charge in [-0.05, 0) is 37.0 Å². The van der Waals surface area contributed by atoms with Gasteiger partial charge >= 0.3 is 5.97 Å². The van der Waals surface area contributed by atoms with Crippen LogP contribution >= 0.6 is 0 Å². The Hall–Kier alpha value is -3.55. The number of carbonyl (C=O) groups is 3. The molecule has 3 rings (SSSR count). The second-order valence-electron chi connectivity index (χ2n) is 8.49. The van der Waals surface area contributed by atoms with E-state index in [2.05, 4.69) is 22.8 Å². The molecule has 1 fully saturated rings. The fraction of sp³-hybridized carbons (Fsp3) is 0.444. The van der Waals surface area contributed by atoms with Gasteiger partial charge in [-0.3, -0.25) is 14.4 Å². The second-order valence-corrected chi connectivity index (χ2v) is 8.49. The van der Waals surface area contributed by atoms with Gasteiger partial charge in [0, 0.05) is 24.8 Å². The molecule has 8 nitrogen and oxygen atoms in total. The fourth-order valence-corrected chi connectivity index (χ4v) is 3.85. The molecular weight excluding hydrogens is 446 g/mol. The quantitative estimate of drug-likeness (QED) is 0.337. The van der Waals surface area contributed by atoms with E-state index in [1.54, 1.807) is 0 Å². The molecule has 0 saturated carbocycles. The molecule has 1 atom stereocenters. The van der Waals surface area contributed by atoms with Crippen LogP contribution in [0.2, 0.25) is 0 Å². The number of aryl methyl sites for hydroxylation is 1. The van der Waals surface area contributed by atoms with Gasteiger partial charge in [-0.1, -0.05) is 49.7 Å². The number of rotatable bonds is 13. The van der Waals surface area contributed by atoms with Crippen LogP contribution in [-0.4, -0.2) is 61.6 Å². The highest BCUT2D eigenvalue weighted by atomic mass is 16.5. The van der Waals surface area contributed by atoms with Crippen molar-refractivity contribution >= 4 is 23.5 Å². The maximum atomic E-state index is 12.9. The van der Waals surface area contributed by atoms with Gasteiger partial charge in [-0.2, -0.15) is 0 Å². The Labute approximate surface area is 207 Å². The number of amides is 2. The molecule has 1 aliphatic heterocycles. The third-order valence-electron chi connectivity index (χ3n) is 5.77. The zero-order valence-electron chi connectivity index (χ0n) is 20.3. The van der Waals surface area contributed by atoms with E-state index in [1.807, 2.05) is 49.4 Å². The van der Waals surface area contributed by atoms with Gasteiger partial charge in [0.1, 0.15) is 11.8 Å². The Morgan fingerprint density at radius 1 is 1.09 bits per heavy atom. The highest BCUT2D eigenvalue weighted by molar-refractivity contribution is 5.93. The molecular formula is C27H35N3O5. The van der Waals surface area contributed by atoms with Crippen LogP contribution in [0.3, 0.4) is 0 Å². The Bertz CT molecular complexity index is 966. The van der Waals surface area contributed by atoms with Crippen LogP contribution in [0.25, 0.3) is 0 Å². The summed E-state index contributed by atoms with van der Waals surface area (Å²) in [4.78, 5) is 38.9. The van der Waals surface area contributed by atoms with Crippen LogP contribution < -0.4 is 15.4 Å². The van der Waals surface area contributed by atoms with E-state index >= 15 is 0 Å². The van der Waals surface area contributed by atoms with E-state index in [9.17, 15) is 14.4 Å². The first-order valence-electron chi connectivity index (χ1n) is 12.3. The zero-order valence-corrected chi connectivity index (χ0v) is 20.3. The Kier molecular flexibility index (Phi) is 10.4. The normalized spacial score (nSPS) is 15.3. The molecule has 1 aliphatic rings. The van der Waals surface area contributed by atoms with Gasteiger partial charge in [0.2, 0.25) is 11.8 Å². The van der Waals surface area contributed by atoms with Gasteiger partial charge in [-0.25, -0.2) is 0 Å². The molecule has 0 aliphatic carbocycles. The van der Waals surface area contributed by atoms with Crippen molar-refractivity contribution in [1.82, 2.24) is 10.2 Å². The topological polar surface area (TPSA) is 97.0 Å². The molecule has 0 bridgehead atoms. The molecule has 1 saturated heterocycles. The van der Waals surface area contributed by atoms with Crippen molar-refractivity contribution < 1.29 is 23.9 Å². The predicted octanol–water partition coefficient (Wildman–Crippen LogP) is 3.17. The van der Waals surface area contributed by atoms with Gasteiger partial charge < -0.3 is 25.0 Å². The number of piperazine rings is 1. The van der Waals surface area contributed by atoms with E-state index in [0.29, 0.717) is 26.3 Å². The number of benzene rings is 2. The second kappa shape index (κ2) is 14.0. The molecule has 35 heavy (non-hydrogen) atoms. The summed E-state index contributed by atoms with van der Waals surface area (Å²) in [5, 5.41) is 5.84. The molecule has 2 aromatic rings. The van der Waals surface area contributed by atoms with Crippen molar-refractivity contribution in [3.63, 3.8) is 0 Å². The molecule has 1 unspecified atom stereocenters. The molecule has 1 heterocycles. The number of ether oxygens (including phenoxy) is 2. The van der Waals surface area contributed by atoms with Crippen molar-refractivity contribution in [3.8, 4) is 5.75 Å². The summed E-state index contributed by atoms with van der Waals surface area (Å²) in [6.07, 6.45) is 3.38. The van der Waals surface area contributed by atoms with Crippen LogP contribution in [0, 0.1) is 0 Å². The highest BCUT2D eigenvalue weighted by Crippen LogP contribution is 2.18. The van der Waals surface area contributed by atoms with E-state index in [1.165, 1.54) is 10.5 Å². The maximum absolute atomic E-state index is 12.9. The molecule has 2 aromatic carbocycles. The summed E-state index contributed by atoms with van der Waals surface area (Å²) < 4.78 is 11.1. The number of hydrogen-bond acceptors (Lipinski definition) is 6. The summed E-state index contributed by atoms with van der Waals surface area (Å²) >= 11 is 0. The summed E-state index contributed by atoms with van der Waals surface area (Å²) in [6.45, 7) is 3.64. The molecule has 0 aromatic heterocycles. The Morgan fingerprint density at radius 2 is 1.91 bits per heavy atom. The maximum Gasteiger partial charge on any atom is 0.308 e. The number of esters is 1. The fourth-order valence-electron chi connectivity index (χ4n) is 3.85. The van der Waals surface area contributed by atoms with E-state index in [4.69, 9.17) is 9.47 Å². The minimum absolute atomic E-state index is 0.00607. The largest absolute Gasteiger partial charge is 0.494 e. The number of nitrogens with zero attached hydrogens (tertiary/aromatic N) is 1. The van der Waals surface area contributed by atoms with Crippen LogP contribution in [0.5, 0.6) is 5.75 Å². The lowest BCUT2D eigenvalue weighted by molar-refractivity contribution is -0.151. The Balaban J connectivity index is 1.47. The number of unbranched alkanes of at least 4 members (excludes halogenated alkanes) is 1. The van der Waals surface area contributed by atoms with Gasteiger partial charge in [0.05, 0.1) is 26.2 Å². The summed E-state index contributed by atoms with van der Waals surface area (Å²) in [7, 11) is 0. The molecule has 2 N–H and O–H groups in total. The lowest BCUT2D eigenvalue weighted by Gasteiger charge is -2.34.